The molecule has 1 atom stereocenters. The van der Waals surface area contributed by atoms with Crippen LogP contribution in [0.3, 0.4) is 0 Å². The molecule has 1 heterocycles. The molecule has 2 heteroatoms. The topological polar surface area (TPSA) is 29.4 Å². The van der Waals surface area contributed by atoms with Crippen LogP contribution < -0.4 is 0 Å². The zero-order valence-electron chi connectivity index (χ0n) is 5.90. The van der Waals surface area contributed by atoms with Gasteiger partial charge in [-0.2, -0.15) is 0 Å². The smallest absolute Gasteiger partial charge is 0.132 e. The molecular formula is C9H7NO. The van der Waals surface area contributed by atoms with E-state index >= 15 is 0 Å². The van der Waals surface area contributed by atoms with Gasteiger partial charge in [-0.15, -0.1) is 0 Å². The highest BCUT2D eigenvalue weighted by Gasteiger charge is 2.16. The number of hydrogen-bond donors (Lipinski definition) is 0. The van der Waals surface area contributed by atoms with E-state index in [1.165, 1.54) is 0 Å². The van der Waals surface area contributed by atoms with Gasteiger partial charge in [-0.3, -0.25) is 4.99 Å². The second-order valence-electron chi connectivity index (χ2n) is 2.50. The maximum atomic E-state index is 10.5. The zero-order chi connectivity index (χ0) is 7.68. The quantitative estimate of drug-likeness (QED) is 0.553. The van der Waals surface area contributed by atoms with Crippen LogP contribution >= 0.6 is 0 Å². The Morgan fingerprint density at radius 3 is 3.00 bits per heavy atom. The molecule has 0 bridgehead atoms. The second kappa shape index (κ2) is 2.31. The minimum Gasteiger partial charge on any atom is -0.302 e. The van der Waals surface area contributed by atoms with Crippen molar-refractivity contribution in [2.45, 2.75) is 5.92 Å². The molecule has 0 amide bonds. The van der Waals surface area contributed by atoms with E-state index in [-0.39, 0.29) is 5.92 Å². The van der Waals surface area contributed by atoms with Gasteiger partial charge in [-0.05, 0) is 11.6 Å². The average Bonchev–Trinajstić information content (AvgIpc) is 2.47. The van der Waals surface area contributed by atoms with Gasteiger partial charge in [-0.25, -0.2) is 0 Å². The summed E-state index contributed by atoms with van der Waals surface area (Å²) in [5, 5.41) is 0. The number of carbonyl (C=O) groups excluding carboxylic acids is 1. The van der Waals surface area contributed by atoms with Crippen molar-refractivity contribution in [3.8, 4) is 0 Å². The Hall–Kier alpha value is -1.44. The van der Waals surface area contributed by atoms with Crippen LogP contribution in [0.4, 0.5) is 5.69 Å². The number of para-hydroxylation sites is 1. The normalized spacial score (nSPS) is 19.8. The molecule has 54 valence electrons. The standard InChI is InChI=1S/C9H7NO/c11-6-7-5-10-9-4-2-1-3-8(7)9/h1-7H. The molecule has 1 aromatic carbocycles. The molecule has 1 aliphatic rings. The van der Waals surface area contributed by atoms with Gasteiger partial charge >= 0.3 is 0 Å². The lowest BCUT2D eigenvalue weighted by Crippen LogP contribution is -1.95. The Morgan fingerprint density at radius 1 is 1.36 bits per heavy atom. The van der Waals surface area contributed by atoms with Gasteiger partial charge in [0.25, 0.3) is 0 Å². The highest BCUT2D eigenvalue weighted by Crippen LogP contribution is 2.29. The molecule has 1 aromatic rings. The summed E-state index contributed by atoms with van der Waals surface area (Å²) >= 11 is 0. The number of aldehydes is 1. The van der Waals surface area contributed by atoms with Gasteiger partial charge in [0.05, 0.1) is 11.6 Å². The van der Waals surface area contributed by atoms with E-state index < -0.39 is 0 Å². The predicted molar refractivity (Wildman–Crippen MR) is 43.4 cm³/mol. The van der Waals surface area contributed by atoms with Crippen LogP contribution in [0.25, 0.3) is 0 Å². The van der Waals surface area contributed by atoms with E-state index in [2.05, 4.69) is 4.99 Å². The summed E-state index contributed by atoms with van der Waals surface area (Å²) in [7, 11) is 0. The summed E-state index contributed by atoms with van der Waals surface area (Å²) in [6.07, 6.45) is 2.59. The maximum absolute atomic E-state index is 10.5. The van der Waals surface area contributed by atoms with Crippen molar-refractivity contribution in [3.63, 3.8) is 0 Å². The molecule has 0 aromatic heterocycles. The first-order valence-corrected chi connectivity index (χ1v) is 3.50. The van der Waals surface area contributed by atoms with E-state index in [0.29, 0.717) is 0 Å². The summed E-state index contributed by atoms with van der Waals surface area (Å²) in [6.45, 7) is 0. The van der Waals surface area contributed by atoms with Crippen molar-refractivity contribution in [1.82, 2.24) is 0 Å². The summed E-state index contributed by atoms with van der Waals surface area (Å²) < 4.78 is 0. The summed E-state index contributed by atoms with van der Waals surface area (Å²) in [6, 6.07) is 7.68. The Balaban J connectivity index is 2.53. The van der Waals surface area contributed by atoms with Gasteiger partial charge in [0.15, 0.2) is 0 Å². The third-order valence-corrected chi connectivity index (χ3v) is 1.82. The van der Waals surface area contributed by atoms with Gasteiger partial charge < -0.3 is 4.79 Å². The second-order valence-corrected chi connectivity index (χ2v) is 2.50. The first-order valence-electron chi connectivity index (χ1n) is 3.50. The van der Waals surface area contributed by atoms with Crippen LogP contribution in [0, 0.1) is 0 Å². The highest BCUT2D eigenvalue weighted by molar-refractivity contribution is 5.94. The van der Waals surface area contributed by atoms with Gasteiger partial charge in [-0.1, -0.05) is 18.2 Å². The number of benzene rings is 1. The van der Waals surface area contributed by atoms with Crippen LogP contribution in [0.5, 0.6) is 0 Å². The van der Waals surface area contributed by atoms with E-state index in [9.17, 15) is 4.79 Å². The molecule has 2 rings (SSSR count). The van der Waals surface area contributed by atoms with Crippen LogP contribution in [-0.2, 0) is 4.79 Å². The fraction of sp³-hybridized carbons (Fsp3) is 0.111. The van der Waals surface area contributed by atoms with Crippen LogP contribution in [0.15, 0.2) is 29.3 Å². The first kappa shape index (κ1) is 6.28. The van der Waals surface area contributed by atoms with Gasteiger partial charge in [0.2, 0.25) is 0 Å². The largest absolute Gasteiger partial charge is 0.302 e. The first-order chi connectivity index (χ1) is 5.42. The molecule has 11 heavy (non-hydrogen) atoms. The average molecular weight is 145 g/mol. The van der Waals surface area contributed by atoms with Crippen molar-refractivity contribution in [2.75, 3.05) is 0 Å². The number of hydrogen-bond acceptors (Lipinski definition) is 2. The minimum absolute atomic E-state index is 0.119. The van der Waals surface area contributed by atoms with E-state index in [4.69, 9.17) is 0 Å². The molecule has 1 unspecified atom stereocenters. The van der Waals surface area contributed by atoms with E-state index in [1.54, 1.807) is 6.21 Å². The molecule has 0 aliphatic carbocycles. The van der Waals surface area contributed by atoms with Crippen molar-refractivity contribution < 1.29 is 4.79 Å². The fourth-order valence-corrected chi connectivity index (χ4v) is 1.24. The van der Waals surface area contributed by atoms with Crippen molar-refractivity contribution in [1.29, 1.82) is 0 Å². The molecular weight excluding hydrogens is 138 g/mol. The Kier molecular flexibility index (Phi) is 1.32. The lowest BCUT2D eigenvalue weighted by molar-refractivity contribution is -0.107. The van der Waals surface area contributed by atoms with Crippen LogP contribution in [0.2, 0.25) is 0 Å². The zero-order valence-corrected chi connectivity index (χ0v) is 5.90. The maximum Gasteiger partial charge on any atom is 0.132 e. The van der Waals surface area contributed by atoms with Crippen molar-refractivity contribution in [2.24, 2.45) is 4.99 Å². The van der Waals surface area contributed by atoms with E-state index in [0.717, 1.165) is 17.5 Å². The highest BCUT2D eigenvalue weighted by atomic mass is 16.1. The molecule has 0 spiro atoms. The van der Waals surface area contributed by atoms with Gasteiger partial charge in [0, 0.05) is 6.21 Å². The number of carbonyl (C=O) groups is 1. The molecule has 0 radical (unpaired) electrons. The van der Waals surface area contributed by atoms with Crippen LogP contribution in [0.1, 0.15) is 11.5 Å². The Labute approximate surface area is 64.6 Å². The summed E-state index contributed by atoms with van der Waals surface area (Å²) in [5.41, 5.74) is 1.94. The van der Waals surface area contributed by atoms with Crippen molar-refractivity contribution >= 4 is 18.2 Å². The fourth-order valence-electron chi connectivity index (χ4n) is 1.24. The number of nitrogens with zero attached hydrogens (tertiary/aromatic N) is 1. The van der Waals surface area contributed by atoms with Gasteiger partial charge in [0.1, 0.15) is 6.29 Å². The lowest BCUT2D eigenvalue weighted by atomic mass is 10.0. The predicted octanol–water partition coefficient (Wildman–Crippen LogP) is 1.68. The lowest BCUT2D eigenvalue weighted by Gasteiger charge is -1.98. The number of rotatable bonds is 1. The number of aliphatic imine (C=N–C) groups is 1. The summed E-state index contributed by atoms with van der Waals surface area (Å²) in [5.74, 6) is -0.119. The molecule has 0 saturated heterocycles. The third-order valence-electron chi connectivity index (χ3n) is 1.82. The van der Waals surface area contributed by atoms with E-state index in [1.807, 2.05) is 24.3 Å². The third kappa shape index (κ3) is 0.871. The Morgan fingerprint density at radius 2 is 2.18 bits per heavy atom. The monoisotopic (exact) mass is 145 g/mol. The molecule has 2 nitrogen and oxygen atoms in total. The SMILES string of the molecule is O=CC1C=Nc2ccccc21. The molecule has 0 N–H and O–H groups in total. The summed E-state index contributed by atoms with van der Waals surface area (Å²) in [4.78, 5) is 14.6. The molecule has 1 aliphatic heterocycles. The number of fused-ring (bicyclic) bond motifs is 1. The van der Waals surface area contributed by atoms with Crippen molar-refractivity contribution in [3.05, 3.63) is 29.8 Å². The molecule has 0 fully saturated rings. The minimum atomic E-state index is -0.119. The molecule has 0 saturated carbocycles. The van der Waals surface area contributed by atoms with Crippen LogP contribution in [-0.4, -0.2) is 12.5 Å². The Bertz CT molecular complexity index is 317.